The van der Waals surface area contributed by atoms with Gasteiger partial charge in [0.2, 0.25) is 0 Å². The van der Waals surface area contributed by atoms with E-state index in [4.69, 9.17) is 37.0 Å². The summed E-state index contributed by atoms with van der Waals surface area (Å²) in [5.41, 5.74) is 0. The van der Waals surface area contributed by atoms with Crippen molar-refractivity contribution in [2.24, 2.45) is 0 Å². The molecular weight excluding hydrogens is 1140 g/mol. The smallest absolute Gasteiger partial charge is 0.462 e. The Kier molecular flexibility index (Phi) is 60.5. The first-order chi connectivity index (χ1) is 41.7. The van der Waals surface area contributed by atoms with Gasteiger partial charge in [0.15, 0.2) is 12.2 Å². The molecule has 2 unspecified atom stereocenters. The van der Waals surface area contributed by atoms with E-state index in [0.29, 0.717) is 25.7 Å². The fourth-order valence-electron chi connectivity index (χ4n) is 10.2. The summed E-state index contributed by atoms with van der Waals surface area (Å²) in [6, 6.07) is 0. The summed E-state index contributed by atoms with van der Waals surface area (Å²) in [6.45, 7) is 4.89. The third-order valence-electron chi connectivity index (χ3n) is 15.6. The number of ether oxygens (including phenoxy) is 4. The lowest BCUT2D eigenvalue weighted by molar-refractivity contribution is -0.161. The standard InChI is InChI=1S/C67H130O17P2/c1-5-9-13-17-21-25-28-29-30-31-32-33-34-38-42-46-50-54-67(72)84-63(58-78-65(70)52-48-44-40-36-26-22-18-14-10-6-2)60-82-86(75,76)80-56-61(68)55-79-85(73,74)81-59-62(57-77-64(69)51-47-43-39-35-24-20-16-12-8-4)83-66(71)53-49-45-41-37-27-23-19-15-11-7-3/h61-63,68H,5-60H2,1-4H3,(H,73,74)(H,75,76)/t61-,62+,63+/m0/s1. The van der Waals surface area contributed by atoms with Crippen molar-refractivity contribution in [3.8, 4) is 0 Å². The predicted octanol–water partition coefficient (Wildman–Crippen LogP) is 19.1. The maximum absolute atomic E-state index is 13.0. The molecule has 0 rings (SSSR count). The van der Waals surface area contributed by atoms with Gasteiger partial charge >= 0.3 is 39.5 Å². The molecule has 0 saturated heterocycles. The zero-order valence-corrected chi connectivity index (χ0v) is 57.1. The number of hydrogen-bond acceptors (Lipinski definition) is 15. The van der Waals surface area contributed by atoms with Gasteiger partial charge in [-0.3, -0.25) is 37.3 Å². The van der Waals surface area contributed by atoms with E-state index in [0.717, 1.165) is 89.9 Å². The van der Waals surface area contributed by atoms with Crippen LogP contribution in [-0.4, -0.2) is 96.7 Å². The maximum Gasteiger partial charge on any atom is 0.472 e. The highest BCUT2D eigenvalue weighted by atomic mass is 31.2. The molecule has 0 aliphatic carbocycles. The van der Waals surface area contributed by atoms with Gasteiger partial charge in [-0.25, -0.2) is 9.13 Å². The van der Waals surface area contributed by atoms with Crippen LogP contribution in [0.2, 0.25) is 0 Å². The molecule has 86 heavy (non-hydrogen) atoms. The molecule has 0 radical (unpaired) electrons. The minimum Gasteiger partial charge on any atom is -0.462 e. The Labute approximate surface area is 524 Å². The molecular formula is C67H130O17P2. The SMILES string of the molecule is CCCCCCCCCCCCCCCCCCCC(=O)O[C@H](COC(=O)CCCCCCCCCCCC)COP(=O)(O)OC[C@@H](O)COP(=O)(O)OC[C@@H](COC(=O)CCCCCCCCCCC)OC(=O)CCCCCCCCCCCC. The lowest BCUT2D eigenvalue weighted by atomic mass is 10.0. The maximum atomic E-state index is 13.0. The van der Waals surface area contributed by atoms with E-state index < -0.39 is 97.5 Å². The van der Waals surface area contributed by atoms with Crippen LogP contribution >= 0.6 is 15.6 Å². The number of phosphoric ester groups is 2. The number of carbonyl (C=O) groups is 4. The van der Waals surface area contributed by atoms with E-state index in [1.54, 1.807) is 0 Å². The molecule has 19 heteroatoms. The van der Waals surface area contributed by atoms with Gasteiger partial charge in [0.05, 0.1) is 26.4 Å². The van der Waals surface area contributed by atoms with E-state index in [-0.39, 0.29) is 25.7 Å². The Hall–Kier alpha value is -1.94. The molecule has 5 atom stereocenters. The van der Waals surface area contributed by atoms with Gasteiger partial charge in [-0.1, -0.05) is 297 Å². The van der Waals surface area contributed by atoms with Gasteiger partial charge in [-0.05, 0) is 25.7 Å². The summed E-state index contributed by atoms with van der Waals surface area (Å²) in [6.07, 6.45) is 48.5. The Bertz CT molecular complexity index is 1650. The third-order valence-corrected chi connectivity index (χ3v) is 17.5. The summed E-state index contributed by atoms with van der Waals surface area (Å²) in [7, 11) is -9.89. The number of carbonyl (C=O) groups excluding carboxylic acids is 4. The topological polar surface area (TPSA) is 237 Å². The number of hydrogen-bond donors (Lipinski definition) is 3. The summed E-state index contributed by atoms with van der Waals surface area (Å²) in [4.78, 5) is 72.3. The fraction of sp³-hybridized carbons (Fsp3) is 0.940. The lowest BCUT2D eigenvalue weighted by Crippen LogP contribution is -2.30. The molecule has 0 aromatic rings. The van der Waals surface area contributed by atoms with Gasteiger partial charge in [-0.2, -0.15) is 0 Å². The van der Waals surface area contributed by atoms with E-state index in [9.17, 15) is 43.2 Å². The van der Waals surface area contributed by atoms with Crippen LogP contribution in [0.4, 0.5) is 0 Å². The minimum atomic E-state index is -4.95. The molecule has 0 aliphatic rings. The highest BCUT2D eigenvalue weighted by Crippen LogP contribution is 2.45. The molecule has 0 aliphatic heterocycles. The molecule has 3 N–H and O–H groups in total. The highest BCUT2D eigenvalue weighted by molar-refractivity contribution is 7.47. The van der Waals surface area contributed by atoms with Gasteiger partial charge in [0.1, 0.15) is 19.3 Å². The second kappa shape index (κ2) is 61.9. The fourth-order valence-corrected chi connectivity index (χ4v) is 11.7. The predicted molar refractivity (Wildman–Crippen MR) is 345 cm³/mol. The Balaban J connectivity index is 5.19. The van der Waals surface area contributed by atoms with Gasteiger partial charge < -0.3 is 33.8 Å². The molecule has 0 aromatic carbocycles. The summed E-state index contributed by atoms with van der Waals surface area (Å²) < 4.78 is 68.1. The molecule has 0 heterocycles. The van der Waals surface area contributed by atoms with Crippen LogP contribution in [0.25, 0.3) is 0 Å². The molecule has 17 nitrogen and oxygen atoms in total. The minimum absolute atomic E-state index is 0.107. The van der Waals surface area contributed by atoms with Crippen molar-refractivity contribution < 1.29 is 80.2 Å². The van der Waals surface area contributed by atoms with Crippen molar-refractivity contribution in [2.45, 2.75) is 367 Å². The molecule has 0 aromatic heterocycles. The number of rotatable bonds is 68. The Morgan fingerprint density at radius 1 is 0.279 bits per heavy atom. The second-order valence-electron chi connectivity index (χ2n) is 24.2. The summed E-state index contributed by atoms with van der Waals surface area (Å²) in [5, 5.41) is 10.5. The average Bonchev–Trinajstić information content (AvgIpc) is 3.58. The van der Waals surface area contributed by atoms with E-state index in [1.165, 1.54) is 180 Å². The molecule has 0 fully saturated rings. The van der Waals surface area contributed by atoms with Crippen LogP contribution < -0.4 is 0 Å². The molecule has 0 amide bonds. The van der Waals surface area contributed by atoms with Crippen LogP contribution in [-0.2, 0) is 65.4 Å². The number of aliphatic hydroxyl groups is 1. The average molecular weight is 1270 g/mol. The first-order valence-corrected chi connectivity index (χ1v) is 38.3. The number of unbranched alkanes of at least 4 members (excludes halogenated alkanes) is 42. The third kappa shape index (κ3) is 60.9. The van der Waals surface area contributed by atoms with Crippen molar-refractivity contribution in [3.63, 3.8) is 0 Å². The number of phosphoric acid groups is 2. The first kappa shape index (κ1) is 84.1. The van der Waals surface area contributed by atoms with Crippen LogP contribution in [0.1, 0.15) is 349 Å². The van der Waals surface area contributed by atoms with E-state index in [1.807, 2.05) is 0 Å². The highest BCUT2D eigenvalue weighted by Gasteiger charge is 2.30. The van der Waals surface area contributed by atoms with E-state index in [2.05, 4.69) is 27.7 Å². The quantitative estimate of drug-likeness (QED) is 0.0222. The molecule has 0 bridgehead atoms. The zero-order chi connectivity index (χ0) is 63.3. The second-order valence-corrected chi connectivity index (χ2v) is 27.1. The zero-order valence-electron chi connectivity index (χ0n) is 55.3. The van der Waals surface area contributed by atoms with Gasteiger partial charge in [0, 0.05) is 25.7 Å². The van der Waals surface area contributed by atoms with Crippen LogP contribution in [0, 0.1) is 0 Å². The van der Waals surface area contributed by atoms with Crippen LogP contribution in [0.5, 0.6) is 0 Å². The molecule has 510 valence electrons. The van der Waals surface area contributed by atoms with Gasteiger partial charge in [-0.15, -0.1) is 0 Å². The van der Waals surface area contributed by atoms with Crippen molar-refractivity contribution in [1.82, 2.24) is 0 Å². The molecule has 0 saturated carbocycles. The molecule has 0 spiro atoms. The van der Waals surface area contributed by atoms with Crippen LogP contribution in [0.3, 0.4) is 0 Å². The first-order valence-electron chi connectivity index (χ1n) is 35.3. The van der Waals surface area contributed by atoms with Crippen molar-refractivity contribution in [3.05, 3.63) is 0 Å². The summed E-state index contributed by atoms with van der Waals surface area (Å²) in [5.74, 6) is -2.13. The number of esters is 4. The largest absolute Gasteiger partial charge is 0.472 e. The monoisotopic (exact) mass is 1270 g/mol. The van der Waals surface area contributed by atoms with Crippen LogP contribution in [0.15, 0.2) is 0 Å². The normalized spacial score (nSPS) is 14.1. The Morgan fingerprint density at radius 3 is 0.686 bits per heavy atom. The number of aliphatic hydroxyl groups excluding tert-OH is 1. The van der Waals surface area contributed by atoms with Crippen molar-refractivity contribution in [2.75, 3.05) is 39.6 Å². The van der Waals surface area contributed by atoms with Crippen molar-refractivity contribution in [1.29, 1.82) is 0 Å². The Morgan fingerprint density at radius 2 is 0.465 bits per heavy atom. The van der Waals surface area contributed by atoms with E-state index >= 15 is 0 Å². The summed E-state index contributed by atoms with van der Waals surface area (Å²) >= 11 is 0. The van der Waals surface area contributed by atoms with Crippen molar-refractivity contribution >= 4 is 39.5 Å². The lowest BCUT2D eigenvalue weighted by Gasteiger charge is -2.21. The van der Waals surface area contributed by atoms with Gasteiger partial charge in [0.25, 0.3) is 0 Å².